The van der Waals surface area contributed by atoms with Gasteiger partial charge >= 0.3 is 0 Å². The number of hydrogen-bond donors (Lipinski definition) is 0. The molecule has 2 aromatic rings. The van der Waals surface area contributed by atoms with Crippen LogP contribution in [0.25, 0.3) is 0 Å². The molecule has 1 atom stereocenters. The largest absolute Gasteiger partial charge is 0.493 e. The average Bonchev–Trinajstić information content (AvgIpc) is 3.21. The van der Waals surface area contributed by atoms with Crippen LogP contribution in [0.3, 0.4) is 0 Å². The summed E-state index contributed by atoms with van der Waals surface area (Å²) in [7, 11) is 3.40. The summed E-state index contributed by atoms with van der Waals surface area (Å²) < 4.78 is 13.0. The van der Waals surface area contributed by atoms with Crippen LogP contribution in [-0.4, -0.2) is 42.0 Å². The highest BCUT2D eigenvalue weighted by Crippen LogP contribution is 2.39. The molecule has 0 radical (unpaired) electrons. The summed E-state index contributed by atoms with van der Waals surface area (Å²) >= 11 is 0. The number of methoxy groups -OCH3 is 2. The first-order chi connectivity index (χ1) is 12.2. The summed E-state index contributed by atoms with van der Waals surface area (Å²) in [5.41, 5.74) is 3.63. The Morgan fingerprint density at radius 2 is 2.16 bits per heavy atom. The molecule has 0 saturated carbocycles. The summed E-state index contributed by atoms with van der Waals surface area (Å²) in [6.07, 6.45) is 5.14. The lowest BCUT2D eigenvalue weighted by Gasteiger charge is -2.18. The molecule has 5 heteroatoms. The zero-order valence-electron chi connectivity index (χ0n) is 15.4. The van der Waals surface area contributed by atoms with Gasteiger partial charge < -0.3 is 9.47 Å². The van der Waals surface area contributed by atoms with E-state index in [2.05, 4.69) is 35.8 Å². The minimum Gasteiger partial charge on any atom is -0.493 e. The van der Waals surface area contributed by atoms with E-state index in [0.717, 1.165) is 49.8 Å². The highest BCUT2D eigenvalue weighted by molar-refractivity contribution is 5.48. The van der Waals surface area contributed by atoms with Crippen LogP contribution < -0.4 is 9.47 Å². The number of rotatable bonds is 7. The average molecular weight is 341 g/mol. The van der Waals surface area contributed by atoms with Crippen molar-refractivity contribution in [1.82, 2.24) is 14.7 Å². The molecule has 1 saturated heterocycles. The maximum absolute atomic E-state index is 5.62. The Hall–Kier alpha value is -2.27. The summed E-state index contributed by atoms with van der Waals surface area (Å²) in [5, 5.41) is 4.55. The quantitative estimate of drug-likeness (QED) is 0.724. The van der Waals surface area contributed by atoms with Crippen molar-refractivity contribution >= 4 is 0 Å². The van der Waals surface area contributed by atoms with Gasteiger partial charge in [0.1, 0.15) is 0 Å². The fraction of sp³-hybridized carbons (Fsp3) is 0.450. The predicted molar refractivity (Wildman–Crippen MR) is 99.3 cm³/mol. The zero-order chi connectivity index (χ0) is 17.8. The molecular weight excluding hydrogens is 314 g/mol. The van der Waals surface area contributed by atoms with E-state index in [1.807, 2.05) is 22.9 Å². The third kappa shape index (κ3) is 3.71. The Bertz CT molecular complexity index is 739. The van der Waals surface area contributed by atoms with E-state index in [4.69, 9.17) is 9.47 Å². The van der Waals surface area contributed by atoms with E-state index in [-0.39, 0.29) is 0 Å². The maximum atomic E-state index is 5.62. The number of hydrogen-bond acceptors (Lipinski definition) is 4. The molecule has 0 amide bonds. The van der Waals surface area contributed by atoms with Gasteiger partial charge in [0.05, 0.1) is 26.5 Å². The van der Waals surface area contributed by atoms with Crippen LogP contribution in [0.2, 0.25) is 0 Å². The molecule has 0 N–H and O–H groups in total. The van der Waals surface area contributed by atoms with Crippen LogP contribution in [-0.2, 0) is 13.1 Å². The topological polar surface area (TPSA) is 39.5 Å². The van der Waals surface area contributed by atoms with Crippen molar-refractivity contribution in [3.8, 4) is 11.5 Å². The highest BCUT2D eigenvalue weighted by atomic mass is 16.5. The van der Waals surface area contributed by atoms with Crippen LogP contribution in [0.15, 0.2) is 37.1 Å². The third-order valence-electron chi connectivity index (χ3n) is 4.90. The number of allylic oxidation sites excluding steroid dienone is 1. The number of aromatic nitrogens is 2. The summed E-state index contributed by atoms with van der Waals surface area (Å²) in [5.74, 6) is 2.14. The second-order valence-electron chi connectivity index (χ2n) is 6.55. The molecule has 1 aromatic heterocycles. The van der Waals surface area contributed by atoms with Crippen LogP contribution in [0.1, 0.15) is 29.2 Å². The molecular formula is C20H27N3O2. The van der Waals surface area contributed by atoms with Gasteiger partial charge in [-0.05, 0) is 26.0 Å². The van der Waals surface area contributed by atoms with E-state index in [9.17, 15) is 0 Å². The van der Waals surface area contributed by atoms with Gasteiger partial charge in [-0.3, -0.25) is 9.58 Å². The molecule has 25 heavy (non-hydrogen) atoms. The Morgan fingerprint density at radius 1 is 1.32 bits per heavy atom. The standard InChI is InChI=1S/C20H27N3O2/c1-5-10-23-14-17(15(2)21-23)13-22-11-9-16(12-22)18-7-6-8-19(24-3)20(18)25-4/h5-8,14,16H,1,9-13H2,2-4H3. The molecule has 3 rings (SSSR count). The Labute approximate surface area is 149 Å². The van der Waals surface area contributed by atoms with Crippen molar-refractivity contribution in [2.24, 2.45) is 0 Å². The zero-order valence-corrected chi connectivity index (χ0v) is 15.4. The molecule has 1 fully saturated rings. The molecule has 134 valence electrons. The van der Waals surface area contributed by atoms with Crippen LogP contribution >= 0.6 is 0 Å². The van der Waals surface area contributed by atoms with Crippen molar-refractivity contribution in [2.75, 3.05) is 27.3 Å². The molecule has 1 aliphatic rings. The highest BCUT2D eigenvalue weighted by Gasteiger charge is 2.27. The van der Waals surface area contributed by atoms with E-state index in [1.165, 1.54) is 11.1 Å². The van der Waals surface area contributed by atoms with Crippen molar-refractivity contribution in [3.63, 3.8) is 0 Å². The summed E-state index contributed by atoms with van der Waals surface area (Å²) in [4.78, 5) is 2.49. The van der Waals surface area contributed by atoms with Crippen LogP contribution in [0.5, 0.6) is 11.5 Å². The van der Waals surface area contributed by atoms with Crippen LogP contribution in [0, 0.1) is 6.92 Å². The van der Waals surface area contributed by atoms with Gasteiger partial charge in [-0.1, -0.05) is 18.2 Å². The van der Waals surface area contributed by atoms with Gasteiger partial charge in [0.15, 0.2) is 11.5 Å². The van der Waals surface area contributed by atoms with E-state index < -0.39 is 0 Å². The van der Waals surface area contributed by atoms with E-state index in [1.54, 1.807) is 14.2 Å². The molecule has 1 aliphatic heterocycles. The van der Waals surface area contributed by atoms with Crippen molar-refractivity contribution in [1.29, 1.82) is 0 Å². The lowest BCUT2D eigenvalue weighted by atomic mass is 9.97. The maximum Gasteiger partial charge on any atom is 0.164 e. The lowest BCUT2D eigenvalue weighted by Crippen LogP contribution is -2.20. The lowest BCUT2D eigenvalue weighted by molar-refractivity contribution is 0.322. The molecule has 2 heterocycles. The van der Waals surface area contributed by atoms with Gasteiger partial charge in [-0.25, -0.2) is 0 Å². The molecule has 0 bridgehead atoms. The molecule has 5 nitrogen and oxygen atoms in total. The number of para-hydroxylation sites is 1. The second kappa shape index (κ2) is 7.74. The van der Waals surface area contributed by atoms with E-state index in [0.29, 0.717) is 5.92 Å². The minimum absolute atomic E-state index is 0.466. The second-order valence-corrected chi connectivity index (χ2v) is 6.55. The first-order valence-corrected chi connectivity index (χ1v) is 8.73. The van der Waals surface area contributed by atoms with Gasteiger partial charge in [0.25, 0.3) is 0 Å². The van der Waals surface area contributed by atoms with Gasteiger partial charge in [0.2, 0.25) is 0 Å². The molecule has 1 aromatic carbocycles. The third-order valence-corrected chi connectivity index (χ3v) is 4.90. The Balaban J connectivity index is 1.71. The molecule has 0 spiro atoms. The molecule has 1 unspecified atom stereocenters. The van der Waals surface area contributed by atoms with Crippen molar-refractivity contribution < 1.29 is 9.47 Å². The van der Waals surface area contributed by atoms with Crippen molar-refractivity contribution in [3.05, 3.63) is 53.9 Å². The fourth-order valence-electron chi connectivity index (χ4n) is 3.64. The Kier molecular flexibility index (Phi) is 5.43. The van der Waals surface area contributed by atoms with Crippen LogP contribution in [0.4, 0.5) is 0 Å². The number of aryl methyl sites for hydroxylation is 1. The normalized spacial score (nSPS) is 17.6. The first-order valence-electron chi connectivity index (χ1n) is 8.73. The Morgan fingerprint density at radius 3 is 2.88 bits per heavy atom. The van der Waals surface area contributed by atoms with Gasteiger partial charge in [-0.2, -0.15) is 5.10 Å². The monoisotopic (exact) mass is 341 g/mol. The predicted octanol–water partition coefficient (Wildman–Crippen LogP) is 3.38. The minimum atomic E-state index is 0.466. The van der Waals surface area contributed by atoms with Gasteiger partial charge in [0, 0.05) is 36.3 Å². The number of likely N-dealkylation sites (tertiary alicyclic amines) is 1. The fourth-order valence-corrected chi connectivity index (χ4v) is 3.64. The van der Waals surface area contributed by atoms with E-state index >= 15 is 0 Å². The summed E-state index contributed by atoms with van der Waals surface area (Å²) in [6, 6.07) is 6.15. The van der Waals surface area contributed by atoms with Gasteiger partial charge in [-0.15, -0.1) is 6.58 Å². The first kappa shape index (κ1) is 17.5. The van der Waals surface area contributed by atoms with Crippen molar-refractivity contribution in [2.45, 2.75) is 32.4 Å². The number of benzene rings is 1. The number of nitrogens with zero attached hydrogens (tertiary/aromatic N) is 3. The molecule has 0 aliphatic carbocycles. The smallest absolute Gasteiger partial charge is 0.164 e. The summed E-state index contributed by atoms with van der Waals surface area (Å²) in [6.45, 7) is 9.65. The SMILES string of the molecule is C=CCn1cc(CN2CCC(c3cccc(OC)c3OC)C2)c(C)n1. The number of ether oxygens (including phenoxy) is 2.